The fourth-order valence-corrected chi connectivity index (χ4v) is 2.64. The molecule has 2 rings (SSSR count). The summed E-state index contributed by atoms with van der Waals surface area (Å²) in [5.74, 6) is 0. The van der Waals surface area contributed by atoms with Gasteiger partial charge < -0.3 is 15.0 Å². The predicted octanol–water partition coefficient (Wildman–Crippen LogP) is 3.23. The van der Waals surface area contributed by atoms with Crippen LogP contribution in [0.15, 0.2) is 18.2 Å². The zero-order chi connectivity index (χ0) is 15.9. The SMILES string of the molecule is Cc1ccc(NC(=O)N(CCC#N)CC2CCCO2)c(C)c1. The normalized spacial score (nSPS) is 17.0. The Kier molecular flexibility index (Phi) is 5.79. The first-order valence-corrected chi connectivity index (χ1v) is 7.72. The van der Waals surface area contributed by atoms with Crippen LogP contribution in [0.1, 0.15) is 30.4 Å². The van der Waals surface area contributed by atoms with Crippen molar-refractivity contribution in [2.75, 3.05) is 25.0 Å². The van der Waals surface area contributed by atoms with E-state index in [0.29, 0.717) is 19.5 Å². The molecule has 1 aliphatic heterocycles. The standard InChI is InChI=1S/C17H23N3O2/c1-13-6-7-16(14(2)11-13)19-17(21)20(9-4-8-18)12-15-5-3-10-22-15/h6-7,11,15H,3-5,9-10,12H2,1-2H3,(H,19,21). The largest absolute Gasteiger partial charge is 0.376 e. The number of carbonyl (C=O) groups excluding carboxylic acids is 1. The first kappa shape index (κ1) is 16.3. The predicted molar refractivity (Wildman–Crippen MR) is 85.7 cm³/mol. The van der Waals surface area contributed by atoms with Gasteiger partial charge in [-0.15, -0.1) is 0 Å². The van der Waals surface area contributed by atoms with Crippen LogP contribution in [0.2, 0.25) is 0 Å². The monoisotopic (exact) mass is 301 g/mol. The summed E-state index contributed by atoms with van der Waals surface area (Å²) in [6, 6.07) is 7.85. The van der Waals surface area contributed by atoms with Crippen LogP contribution in [-0.4, -0.2) is 36.7 Å². The Labute approximate surface area is 131 Å². The zero-order valence-corrected chi connectivity index (χ0v) is 13.3. The Morgan fingerprint density at radius 1 is 1.50 bits per heavy atom. The first-order valence-electron chi connectivity index (χ1n) is 7.72. The quantitative estimate of drug-likeness (QED) is 0.908. The number of anilines is 1. The highest BCUT2D eigenvalue weighted by Gasteiger charge is 2.22. The molecule has 0 aliphatic carbocycles. The number of hydrogen-bond donors (Lipinski definition) is 1. The second-order valence-electron chi connectivity index (χ2n) is 5.74. The smallest absolute Gasteiger partial charge is 0.321 e. The summed E-state index contributed by atoms with van der Waals surface area (Å²) in [6.07, 6.45) is 2.42. The minimum atomic E-state index is -0.169. The molecule has 0 aromatic heterocycles. The van der Waals surface area contributed by atoms with Gasteiger partial charge in [0.05, 0.1) is 18.6 Å². The number of rotatable bonds is 5. The molecule has 1 unspecified atom stereocenters. The van der Waals surface area contributed by atoms with Crippen LogP contribution in [0.4, 0.5) is 10.5 Å². The van der Waals surface area contributed by atoms with Gasteiger partial charge in [0.1, 0.15) is 0 Å². The van der Waals surface area contributed by atoms with E-state index in [1.807, 2.05) is 32.0 Å². The van der Waals surface area contributed by atoms with Crippen LogP contribution in [-0.2, 0) is 4.74 Å². The van der Waals surface area contributed by atoms with Gasteiger partial charge in [-0.05, 0) is 38.3 Å². The van der Waals surface area contributed by atoms with E-state index in [1.165, 1.54) is 0 Å². The number of urea groups is 1. The van der Waals surface area contributed by atoms with Crippen molar-refractivity contribution in [2.45, 2.75) is 39.2 Å². The second-order valence-corrected chi connectivity index (χ2v) is 5.74. The number of ether oxygens (including phenoxy) is 1. The molecular formula is C17H23N3O2. The minimum absolute atomic E-state index is 0.0866. The van der Waals surface area contributed by atoms with E-state index in [-0.39, 0.29) is 12.1 Å². The van der Waals surface area contributed by atoms with Crippen molar-refractivity contribution in [3.8, 4) is 6.07 Å². The third-order valence-electron chi connectivity index (χ3n) is 3.85. The van der Waals surface area contributed by atoms with Crippen LogP contribution in [0.5, 0.6) is 0 Å². The maximum atomic E-state index is 12.5. The van der Waals surface area contributed by atoms with Gasteiger partial charge in [-0.25, -0.2) is 4.79 Å². The third kappa shape index (κ3) is 4.47. The Hall–Kier alpha value is -2.06. The van der Waals surface area contributed by atoms with Crippen molar-refractivity contribution < 1.29 is 9.53 Å². The average molecular weight is 301 g/mol. The molecule has 0 spiro atoms. The van der Waals surface area contributed by atoms with Gasteiger partial charge in [0.25, 0.3) is 0 Å². The Morgan fingerprint density at radius 2 is 2.32 bits per heavy atom. The molecule has 1 atom stereocenters. The molecule has 1 saturated heterocycles. The number of carbonyl (C=O) groups is 1. The van der Waals surface area contributed by atoms with Gasteiger partial charge in [-0.3, -0.25) is 0 Å². The van der Waals surface area contributed by atoms with E-state index in [1.54, 1.807) is 4.90 Å². The van der Waals surface area contributed by atoms with Gasteiger partial charge in [0.15, 0.2) is 0 Å². The van der Waals surface area contributed by atoms with Gasteiger partial charge in [0.2, 0.25) is 0 Å². The number of hydrogen-bond acceptors (Lipinski definition) is 3. The summed E-state index contributed by atoms with van der Waals surface area (Å²) in [5.41, 5.74) is 3.01. The van der Waals surface area contributed by atoms with Crippen molar-refractivity contribution in [3.05, 3.63) is 29.3 Å². The number of aryl methyl sites for hydroxylation is 2. The summed E-state index contributed by atoms with van der Waals surface area (Å²) in [6.45, 7) is 5.72. The van der Waals surface area contributed by atoms with Crippen molar-refractivity contribution in [1.29, 1.82) is 5.26 Å². The number of nitriles is 1. The fraction of sp³-hybridized carbons (Fsp3) is 0.529. The van der Waals surface area contributed by atoms with Crippen molar-refractivity contribution in [1.82, 2.24) is 4.90 Å². The number of nitrogens with zero attached hydrogens (tertiary/aromatic N) is 2. The van der Waals surface area contributed by atoms with Gasteiger partial charge >= 0.3 is 6.03 Å². The zero-order valence-electron chi connectivity index (χ0n) is 13.3. The molecule has 1 N–H and O–H groups in total. The number of benzene rings is 1. The molecule has 5 heteroatoms. The fourth-order valence-electron chi connectivity index (χ4n) is 2.64. The Bertz CT molecular complexity index is 560. The molecule has 5 nitrogen and oxygen atoms in total. The molecular weight excluding hydrogens is 278 g/mol. The molecule has 0 saturated carbocycles. The molecule has 0 radical (unpaired) electrons. The second kappa shape index (κ2) is 7.81. The molecule has 1 aromatic carbocycles. The molecule has 1 fully saturated rings. The van der Waals surface area contributed by atoms with E-state index >= 15 is 0 Å². The topological polar surface area (TPSA) is 65.4 Å². The van der Waals surface area contributed by atoms with Gasteiger partial charge in [0, 0.05) is 25.4 Å². The summed E-state index contributed by atoms with van der Waals surface area (Å²) >= 11 is 0. The highest BCUT2D eigenvalue weighted by atomic mass is 16.5. The lowest BCUT2D eigenvalue weighted by molar-refractivity contribution is 0.0841. The molecule has 22 heavy (non-hydrogen) atoms. The Morgan fingerprint density at radius 3 is 2.95 bits per heavy atom. The summed E-state index contributed by atoms with van der Waals surface area (Å²) in [5, 5.41) is 11.7. The first-order chi connectivity index (χ1) is 10.6. The van der Waals surface area contributed by atoms with E-state index < -0.39 is 0 Å². The summed E-state index contributed by atoms with van der Waals surface area (Å²) in [4.78, 5) is 14.2. The molecule has 118 valence electrons. The molecule has 1 heterocycles. The highest BCUT2D eigenvalue weighted by molar-refractivity contribution is 5.90. The van der Waals surface area contributed by atoms with Crippen LogP contribution in [0.25, 0.3) is 0 Å². The van der Waals surface area contributed by atoms with Crippen molar-refractivity contribution in [3.63, 3.8) is 0 Å². The molecule has 0 bridgehead atoms. The summed E-state index contributed by atoms with van der Waals surface area (Å²) < 4.78 is 5.60. The van der Waals surface area contributed by atoms with Crippen LogP contribution in [0.3, 0.4) is 0 Å². The number of amides is 2. The molecule has 2 amide bonds. The van der Waals surface area contributed by atoms with Gasteiger partial charge in [-0.1, -0.05) is 17.7 Å². The van der Waals surface area contributed by atoms with Crippen LogP contribution >= 0.6 is 0 Å². The van der Waals surface area contributed by atoms with Crippen molar-refractivity contribution >= 4 is 11.7 Å². The minimum Gasteiger partial charge on any atom is -0.376 e. The maximum Gasteiger partial charge on any atom is 0.321 e. The Balaban J connectivity index is 2.02. The third-order valence-corrected chi connectivity index (χ3v) is 3.85. The van der Waals surface area contributed by atoms with Crippen LogP contribution in [0, 0.1) is 25.2 Å². The maximum absolute atomic E-state index is 12.5. The molecule has 1 aromatic rings. The lowest BCUT2D eigenvalue weighted by atomic mass is 10.1. The van der Waals surface area contributed by atoms with E-state index in [2.05, 4.69) is 11.4 Å². The van der Waals surface area contributed by atoms with E-state index in [4.69, 9.17) is 10.00 Å². The van der Waals surface area contributed by atoms with Crippen LogP contribution < -0.4 is 5.32 Å². The number of nitrogens with one attached hydrogen (secondary N) is 1. The summed E-state index contributed by atoms with van der Waals surface area (Å²) in [7, 11) is 0. The highest BCUT2D eigenvalue weighted by Crippen LogP contribution is 2.18. The van der Waals surface area contributed by atoms with Crippen molar-refractivity contribution in [2.24, 2.45) is 0 Å². The van der Waals surface area contributed by atoms with E-state index in [9.17, 15) is 4.79 Å². The van der Waals surface area contributed by atoms with Gasteiger partial charge in [-0.2, -0.15) is 5.26 Å². The molecule has 1 aliphatic rings. The van der Waals surface area contributed by atoms with E-state index in [0.717, 1.165) is 36.3 Å². The lowest BCUT2D eigenvalue weighted by Crippen LogP contribution is -2.40. The lowest BCUT2D eigenvalue weighted by Gasteiger charge is -2.25. The average Bonchev–Trinajstić information content (AvgIpc) is 2.99.